The first kappa shape index (κ1) is 17.7. The van der Waals surface area contributed by atoms with Gasteiger partial charge in [-0.15, -0.1) is 0 Å². The Hall–Kier alpha value is -2.60. The van der Waals surface area contributed by atoms with Crippen LogP contribution in [-0.4, -0.2) is 18.4 Å². The molecule has 7 heteroatoms. The van der Waals surface area contributed by atoms with E-state index in [0.717, 1.165) is 0 Å². The average molecular weight is 350 g/mol. The molecule has 0 unspecified atom stereocenters. The van der Waals surface area contributed by atoms with Crippen LogP contribution in [0.15, 0.2) is 42.5 Å². The predicted molar refractivity (Wildman–Crippen MR) is 93.9 cm³/mol. The summed E-state index contributed by atoms with van der Waals surface area (Å²) in [7, 11) is 0. The van der Waals surface area contributed by atoms with Crippen LogP contribution in [0, 0.1) is 5.82 Å². The van der Waals surface area contributed by atoms with Crippen LogP contribution in [0.3, 0.4) is 0 Å². The first-order valence-electron chi connectivity index (χ1n) is 7.30. The van der Waals surface area contributed by atoms with Gasteiger partial charge in [0, 0.05) is 37.0 Å². The third-order valence-electron chi connectivity index (χ3n) is 3.09. The highest BCUT2D eigenvalue weighted by Crippen LogP contribution is 2.19. The number of halogens is 2. The van der Waals surface area contributed by atoms with E-state index in [0.29, 0.717) is 23.6 Å². The summed E-state index contributed by atoms with van der Waals surface area (Å²) in [6.07, 6.45) is 0.239. The molecule has 0 bridgehead atoms. The van der Waals surface area contributed by atoms with Gasteiger partial charge < -0.3 is 16.0 Å². The highest BCUT2D eigenvalue weighted by Gasteiger charge is 2.04. The predicted octanol–water partition coefficient (Wildman–Crippen LogP) is 3.88. The third-order valence-corrected chi connectivity index (χ3v) is 3.38. The molecule has 0 radical (unpaired) electrons. The van der Waals surface area contributed by atoms with Crippen LogP contribution in [0.2, 0.25) is 5.02 Å². The fourth-order valence-electron chi connectivity index (χ4n) is 1.99. The van der Waals surface area contributed by atoms with Gasteiger partial charge in [0.05, 0.1) is 5.02 Å². The molecule has 0 atom stereocenters. The second-order valence-corrected chi connectivity index (χ2v) is 5.52. The molecule has 0 aromatic heterocycles. The lowest BCUT2D eigenvalue weighted by Crippen LogP contribution is -2.16. The van der Waals surface area contributed by atoms with Crippen LogP contribution in [0.4, 0.5) is 21.5 Å². The van der Waals surface area contributed by atoms with Crippen LogP contribution < -0.4 is 16.0 Å². The maximum atomic E-state index is 13.0. The summed E-state index contributed by atoms with van der Waals surface area (Å²) in [5.41, 5.74) is 1.95. The summed E-state index contributed by atoms with van der Waals surface area (Å²) in [6.45, 7) is 1.81. The number of nitrogens with one attached hydrogen (secondary N) is 3. The van der Waals surface area contributed by atoms with Gasteiger partial charge in [0.2, 0.25) is 11.8 Å². The molecular weight excluding hydrogens is 333 g/mol. The van der Waals surface area contributed by atoms with Crippen molar-refractivity contribution in [3.8, 4) is 0 Å². The lowest BCUT2D eigenvalue weighted by molar-refractivity contribution is -0.116. The van der Waals surface area contributed by atoms with E-state index in [2.05, 4.69) is 16.0 Å². The molecule has 2 amide bonds. The van der Waals surface area contributed by atoms with Crippen LogP contribution in [0.1, 0.15) is 13.3 Å². The zero-order valence-electron chi connectivity index (χ0n) is 13.0. The van der Waals surface area contributed by atoms with E-state index in [1.165, 1.54) is 19.1 Å². The first-order valence-corrected chi connectivity index (χ1v) is 7.68. The van der Waals surface area contributed by atoms with Crippen LogP contribution in [0.5, 0.6) is 0 Å². The maximum Gasteiger partial charge on any atom is 0.226 e. The summed E-state index contributed by atoms with van der Waals surface area (Å²) < 4.78 is 13.0. The van der Waals surface area contributed by atoms with Gasteiger partial charge in [-0.05, 0) is 42.5 Å². The van der Waals surface area contributed by atoms with E-state index >= 15 is 0 Å². The van der Waals surface area contributed by atoms with Crippen molar-refractivity contribution in [1.82, 2.24) is 0 Å². The number of hydrogen-bond acceptors (Lipinski definition) is 3. The second kappa shape index (κ2) is 8.31. The minimum atomic E-state index is -0.484. The maximum absolute atomic E-state index is 13.0. The SMILES string of the molecule is CC(=O)Nc1ccc(NC(=O)CCNc2ccc(F)c(Cl)c2)cc1. The van der Waals surface area contributed by atoms with E-state index in [1.807, 2.05) is 0 Å². The van der Waals surface area contributed by atoms with Crippen molar-refractivity contribution in [1.29, 1.82) is 0 Å². The quantitative estimate of drug-likeness (QED) is 0.741. The molecule has 5 nitrogen and oxygen atoms in total. The largest absolute Gasteiger partial charge is 0.384 e. The molecule has 0 saturated carbocycles. The van der Waals surface area contributed by atoms with Gasteiger partial charge in [-0.25, -0.2) is 4.39 Å². The Bertz CT molecular complexity index is 735. The van der Waals surface area contributed by atoms with Gasteiger partial charge in [0.25, 0.3) is 0 Å². The van der Waals surface area contributed by atoms with Crippen molar-refractivity contribution in [3.05, 3.63) is 53.3 Å². The van der Waals surface area contributed by atoms with Crippen molar-refractivity contribution in [3.63, 3.8) is 0 Å². The average Bonchev–Trinajstić information content (AvgIpc) is 2.52. The molecule has 0 fully saturated rings. The van der Waals surface area contributed by atoms with Gasteiger partial charge in [-0.1, -0.05) is 11.6 Å². The molecule has 24 heavy (non-hydrogen) atoms. The van der Waals surface area contributed by atoms with Crippen molar-refractivity contribution >= 4 is 40.5 Å². The molecule has 0 spiro atoms. The fraction of sp³-hybridized carbons (Fsp3) is 0.176. The van der Waals surface area contributed by atoms with Crippen molar-refractivity contribution in [2.24, 2.45) is 0 Å². The summed E-state index contributed by atoms with van der Waals surface area (Å²) in [5, 5.41) is 8.43. The molecule has 126 valence electrons. The van der Waals surface area contributed by atoms with Gasteiger partial charge in [0.15, 0.2) is 0 Å². The molecular formula is C17H17ClFN3O2. The molecule has 0 aliphatic rings. The Balaban J connectivity index is 1.78. The Morgan fingerprint density at radius 1 is 1.00 bits per heavy atom. The number of anilines is 3. The summed E-state index contributed by atoms with van der Waals surface area (Å²) in [4.78, 5) is 22.8. The summed E-state index contributed by atoms with van der Waals surface area (Å²) in [5.74, 6) is -0.801. The monoisotopic (exact) mass is 349 g/mol. The minimum absolute atomic E-state index is 0.0312. The molecule has 2 aromatic carbocycles. The van der Waals surface area contributed by atoms with Crippen molar-refractivity contribution < 1.29 is 14.0 Å². The van der Waals surface area contributed by atoms with E-state index in [-0.39, 0.29) is 23.3 Å². The van der Waals surface area contributed by atoms with E-state index < -0.39 is 5.82 Å². The summed E-state index contributed by atoms with van der Waals surface area (Å²) in [6, 6.07) is 11.1. The van der Waals surface area contributed by atoms with E-state index in [4.69, 9.17) is 11.6 Å². The number of hydrogen-bond donors (Lipinski definition) is 3. The van der Waals surface area contributed by atoms with Crippen LogP contribution in [0.25, 0.3) is 0 Å². The van der Waals surface area contributed by atoms with E-state index in [9.17, 15) is 14.0 Å². The number of rotatable bonds is 6. The number of carbonyl (C=O) groups is 2. The molecule has 2 rings (SSSR count). The van der Waals surface area contributed by atoms with Gasteiger partial charge in [-0.3, -0.25) is 9.59 Å². The zero-order chi connectivity index (χ0) is 17.5. The highest BCUT2D eigenvalue weighted by atomic mass is 35.5. The fourth-order valence-corrected chi connectivity index (χ4v) is 2.17. The number of benzene rings is 2. The minimum Gasteiger partial charge on any atom is -0.384 e. The highest BCUT2D eigenvalue weighted by molar-refractivity contribution is 6.31. The normalized spacial score (nSPS) is 10.1. The van der Waals surface area contributed by atoms with Crippen molar-refractivity contribution in [2.75, 3.05) is 22.5 Å². The Kier molecular flexibility index (Phi) is 6.14. The standard InChI is InChI=1S/C17H17ClFN3O2/c1-11(23)21-12-2-4-13(5-3-12)22-17(24)8-9-20-14-6-7-16(19)15(18)10-14/h2-7,10,20H,8-9H2,1H3,(H,21,23)(H,22,24). The third kappa shape index (κ3) is 5.55. The molecule has 3 N–H and O–H groups in total. The van der Waals surface area contributed by atoms with Crippen molar-refractivity contribution in [2.45, 2.75) is 13.3 Å². The molecule has 0 aliphatic carbocycles. The molecule has 0 aliphatic heterocycles. The Morgan fingerprint density at radius 3 is 2.17 bits per heavy atom. The lowest BCUT2D eigenvalue weighted by atomic mass is 10.2. The number of amides is 2. The smallest absolute Gasteiger partial charge is 0.226 e. The van der Waals surface area contributed by atoms with Gasteiger partial charge in [0.1, 0.15) is 5.82 Å². The van der Waals surface area contributed by atoms with Gasteiger partial charge in [-0.2, -0.15) is 0 Å². The zero-order valence-corrected chi connectivity index (χ0v) is 13.8. The molecule has 0 saturated heterocycles. The Morgan fingerprint density at radius 2 is 1.58 bits per heavy atom. The number of carbonyl (C=O) groups excluding carboxylic acids is 2. The topological polar surface area (TPSA) is 70.2 Å². The molecule has 2 aromatic rings. The van der Waals surface area contributed by atoms with Crippen LogP contribution in [-0.2, 0) is 9.59 Å². The molecule has 0 heterocycles. The van der Waals surface area contributed by atoms with Crippen LogP contribution >= 0.6 is 11.6 Å². The Labute approximate surface area is 144 Å². The summed E-state index contributed by atoms with van der Waals surface area (Å²) >= 11 is 5.69. The van der Waals surface area contributed by atoms with Gasteiger partial charge >= 0.3 is 0 Å². The lowest BCUT2D eigenvalue weighted by Gasteiger charge is -2.09. The van der Waals surface area contributed by atoms with E-state index in [1.54, 1.807) is 30.3 Å². The first-order chi connectivity index (χ1) is 11.4. The second-order valence-electron chi connectivity index (χ2n) is 5.11.